The van der Waals surface area contributed by atoms with Crippen molar-refractivity contribution in [2.75, 3.05) is 0 Å². The molecule has 0 aromatic heterocycles. The number of carbonyl (C=O) groups excluding carboxylic acids is 4. The molecule has 28 heavy (non-hydrogen) atoms. The lowest BCUT2D eigenvalue weighted by atomic mass is 10.1. The Morgan fingerprint density at radius 3 is 1.32 bits per heavy atom. The Labute approximate surface area is 162 Å². The first-order valence-corrected chi connectivity index (χ1v) is 8.26. The molecule has 0 N–H and O–H groups in total. The molecular weight excluding hydrogens is 368 g/mol. The molecule has 1 rings (SSSR count). The first-order chi connectivity index (χ1) is 13.0. The Hall–Kier alpha value is -3.42. The summed E-state index contributed by atoms with van der Waals surface area (Å²) >= 11 is 0. The molecule has 0 aliphatic carbocycles. The largest absolute Gasteiger partial charge is 0.422 e. The molecule has 1 aromatic rings. The predicted molar refractivity (Wildman–Crippen MR) is 98.0 cm³/mol. The summed E-state index contributed by atoms with van der Waals surface area (Å²) in [6.45, 7) is 12.4. The van der Waals surface area contributed by atoms with E-state index < -0.39 is 36.5 Å². The van der Waals surface area contributed by atoms with Gasteiger partial charge in [-0.15, -0.1) is 0 Å². The van der Waals surface area contributed by atoms with Crippen LogP contribution in [0.3, 0.4) is 0 Å². The third kappa shape index (κ3) is 6.71. The van der Waals surface area contributed by atoms with Gasteiger partial charge in [-0.05, 0) is 26.0 Å². The van der Waals surface area contributed by atoms with E-state index in [0.29, 0.717) is 0 Å². The Bertz CT molecular complexity index is 741. The molecule has 150 valence electrons. The molecule has 2 atom stereocenters. The minimum absolute atomic E-state index is 0.107. The molecule has 0 radical (unpaired) electrons. The van der Waals surface area contributed by atoms with Crippen molar-refractivity contribution in [3.05, 3.63) is 59.7 Å². The third-order valence-corrected chi connectivity index (χ3v) is 3.16. The number of benzene rings is 1. The van der Waals surface area contributed by atoms with Crippen molar-refractivity contribution in [1.29, 1.82) is 0 Å². The lowest BCUT2D eigenvalue weighted by Gasteiger charge is -2.17. The molecule has 0 amide bonds. The van der Waals surface area contributed by atoms with Crippen molar-refractivity contribution in [3.8, 4) is 0 Å². The number of carbonyl (C=O) groups is 4. The summed E-state index contributed by atoms with van der Waals surface area (Å²) in [7, 11) is 0. The second-order valence-corrected chi connectivity index (χ2v) is 5.86. The monoisotopic (exact) mass is 390 g/mol. The van der Waals surface area contributed by atoms with E-state index in [1.54, 1.807) is 0 Å². The van der Waals surface area contributed by atoms with E-state index in [2.05, 4.69) is 13.2 Å². The summed E-state index contributed by atoms with van der Waals surface area (Å²) in [5.74, 6) is -3.25. The number of hydrogen-bond acceptors (Lipinski definition) is 8. The molecule has 0 fully saturated rings. The highest BCUT2D eigenvalue weighted by Crippen LogP contribution is 2.15. The highest BCUT2D eigenvalue weighted by molar-refractivity contribution is 6.03. The van der Waals surface area contributed by atoms with Crippen LogP contribution in [-0.2, 0) is 28.5 Å². The molecule has 0 aliphatic rings. The molecule has 0 bridgehead atoms. The molecule has 2 unspecified atom stereocenters. The van der Waals surface area contributed by atoms with E-state index >= 15 is 0 Å². The van der Waals surface area contributed by atoms with Crippen molar-refractivity contribution < 1.29 is 38.1 Å². The number of esters is 4. The minimum atomic E-state index is -1.20. The number of hydrogen-bond donors (Lipinski definition) is 0. The van der Waals surface area contributed by atoms with Crippen LogP contribution in [0.2, 0.25) is 0 Å². The Morgan fingerprint density at radius 1 is 0.714 bits per heavy atom. The van der Waals surface area contributed by atoms with Crippen LogP contribution in [0, 0.1) is 0 Å². The fourth-order valence-electron chi connectivity index (χ4n) is 1.82. The Kier molecular flexibility index (Phi) is 8.12. The first-order valence-electron chi connectivity index (χ1n) is 8.26. The van der Waals surface area contributed by atoms with Crippen LogP contribution in [0.15, 0.2) is 48.6 Å². The average Bonchev–Trinajstić information content (AvgIpc) is 2.60. The van der Waals surface area contributed by atoms with Gasteiger partial charge in [0.1, 0.15) is 0 Å². The van der Waals surface area contributed by atoms with E-state index in [1.807, 2.05) is 0 Å². The van der Waals surface area contributed by atoms with Crippen LogP contribution in [0.1, 0.15) is 48.4 Å². The van der Waals surface area contributed by atoms with Crippen molar-refractivity contribution in [1.82, 2.24) is 0 Å². The molecule has 0 spiro atoms. The van der Waals surface area contributed by atoms with Gasteiger partial charge in [0, 0.05) is 25.0 Å². The molecule has 0 aliphatic heterocycles. The summed E-state index contributed by atoms with van der Waals surface area (Å²) in [4.78, 5) is 47.6. The SMILES string of the molecule is C=C(C)C(=O)OC(C)OC(=O)c1ccccc1C(=O)OC(C)OC(=O)C(=C)C. The Morgan fingerprint density at radius 2 is 1.04 bits per heavy atom. The summed E-state index contributed by atoms with van der Waals surface area (Å²) in [6, 6.07) is 5.72. The van der Waals surface area contributed by atoms with E-state index in [0.717, 1.165) is 0 Å². The van der Waals surface area contributed by atoms with E-state index in [4.69, 9.17) is 18.9 Å². The van der Waals surface area contributed by atoms with Crippen molar-refractivity contribution in [2.45, 2.75) is 40.3 Å². The van der Waals surface area contributed by atoms with Gasteiger partial charge in [-0.3, -0.25) is 0 Å². The fraction of sp³-hybridized carbons (Fsp3) is 0.300. The molecule has 0 saturated carbocycles. The highest BCUT2D eigenvalue weighted by atomic mass is 16.7. The molecule has 8 nitrogen and oxygen atoms in total. The number of ether oxygens (including phenoxy) is 4. The standard InChI is InChI=1S/C20H22O8/c1-11(2)17(21)25-13(5)27-19(23)15-9-7-8-10-16(15)20(24)28-14(6)26-18(22)12(3)4/h7-10,13-14H,1,3H2,2,4-6H3. The van der Waals surface area contributed by atoms with Gasteiger partial charge in [-0.1, -0.05) is 25.3 Å². The van der Waals surface area contributed by atoms with Crippen LogP contribution < -0.4 is 0 Å². The maximum Gasteiger partial charge on any atom is 0.342 e. The van der Waals surface area contributed by atoms with E-state index in [1.165, 1.54) is 52.0 Å². The maximum atomic E-state index is 12.3. The van der Waals surface area contributed by atoms with Crippen LogP contribution in [-0.4, -0.2) is 36.5 Å². The molecule has 0 heterocycles. The fourth-order valence-corrected chi connectivity index (χ4v) is 1.82. The second-order valence-electron chi connectivity index (χ2n) is 5.86. The zero-order valence-electron chi connectivity index (χ0n) is 16.1. The summed E-state index contributed by atoms with van der Waals surface area (Å²) in [5.41, 5.74) is 0.0728. The third-order valence-electron chi connectivity index (χ3n) is 3.16. The quantitative estimate of drug-likeness (QED) is 0.379. The molecule has 1 aromatic carbocycles. The van der Waals surface area contributed by atoms with Crippen LogP contribution in [0.25, 0.3) is 0 Å². The van der Waals surface area contributed by atoms with Gasteiger partial charge in [0.05, 0.1) is 11.1 Å². The lowest BCUT2D eigenvalue weighted by Crippen LogP contribution is -2.25. The van der Waals surface area contributed by atoms with Gasteiger partial charge in [-0.2, -0.15) is 0 Å². The molecule has 8 heteroatoms. The summed E-state index contributed by atoms with van der Waals surface area (Å²) in [5, 5.41) is 0. The molecular formula is C20H22O8. The maximum absolute atomic E-state index is 12.3. The normalized spacial score (nSPS) is 12.1. The van der Waals surface area contributed by atoms with E-state index in [-0.39, 0.29) is 22.3 Å². The van der Waals surface area contributed by atoms with Gasteiger partial charge in [0.2, 0.25) is 12.6 Å². The van der Waals surface area contributed by atoms with Crippen molar-refractivity contribution >= 4 is 23.9 Å². The summed E-state index contributed by atoms with van der Waals surface area (Å²) < 4.78 is 19.8. The van der Waals surface area contributed by atoms with Gasteiger partial charge < -0.3 is 18.9 Å². The predicted octanol–water partition coefficient (Wildman–Crippen LogP) is 2.93. The van der Waals surface area contributed by atoms with Crippen LogP contribution in [0.5, 0.6) is 0 Å². The lowest BCUT2D eigenvalue weighted by molar-refractivity contribution is -0.162. The van der Waals surface area contributed by atoms with Gasteiger partial charge in [0.15, 0.2) is 0 Å². The van der Waals surface area contributed by atoms with Crippen LogP contribution >= 0.6 is 0 Å². The van der Waals surface area contributed by atoms with E-state index in [9.17, 15) is 19.2 Å². The average molecular weight is 390 g/mol. The first kappa shape index (κ1) is 22.6. The Balaban J connectivity index is 2.85. The minimum Gasteiger partial charge on any atom is -0.422 e. The topological polar surface area (TPSA) is 105 Å². The number of rotatable bonds is 8. The van der Waals surface area contributed by atoms with Crippen molar-refractivity contribution in [3.63, 3.8) is 0 Å². The zero-order chi connectivity index (χ0) is 21.4. The summed E-state index contributed by atoms with van der Waals surface area (Å²) in [6.07, 6.45) is -2.40. The molecule has 0 saturated heterocycles. The van der Waals surface area contributed by atoms with Gasteiger partial charge in [0.25, 0.3) is 0 Å². The van der Waals surface area contributed by atoms with Crippen molar-refractivity contribution in [2.24, 2.45) is 0 Å². The highest BCUT2D eigenvalue weighted by Gasteiger charge is 2.24. The van der Waals surface area contributed by atoms with Gasteiger partial charge >= 0.3 is 23.9 Å². The van der Waals surface area contributed by atoms with Crippen LogP contribution in [0.4, 0.5) is 0 Å². The van der Waals surface area contributed by atoms with Gasteiger partial charge in [-0.25, -0.2) is 19.2 Å². The second kappa shape index (κ2) is 10.1. The smallest absolute Gasteiger partial charge is 0.342 e. The zero-order valence-corrected chi connectivity index (χ0v) is 16.1.